The van der Waals surface area contributed by atoms with E-state index in [4.69, 9.17) is 23.2 Å². The first-order chi connectivity index (χ1) is 11.1. The van der Waals surface area contributed by atoms with Gasteiger partial charge in [0, 0.05) is 5.69 Å². The highest BCUT2D eigenvalue weighted by atomic mass is 35.5. The predicted molar refractivity (Wildman–Crippen MR) is 94.1 cm³/mol. The van der Waals surface area contributed by atoms with Crippen molar-refractivity contribution in [1.29, 1.82) is 0 Å². The van der Waals surface area contributed by atoms with Crippen LogP contribution in [0.5, 0.6) is 0 Å². The van der Waals surface area contributed by atoms with Gasteiger partial charge in [0.05, 0.1) is 5.02 Å². The molecule has 0 saturated carbocycles. The lowest BCUT2D eigenvalue weighted by Crippen LogP contribution is -2.14. The number of nitrogens with zero attached hydrogens (tertiary/aromatic N) is 1. The summed E-state index contributed by atoms with van der Waals surface area (Å²) in [4.78, 5) is 16.2. The third-order valence-corrected chi connectivity index (χ3v) is 3.79. The number of pyridine rings is 1. The smallest absolute Gasteiger partial charge is 0.275 e. The fourth-order valence-corrected chi connectivity index (χ4v) is 2.48. The summed E-state index contributed by atoms with van der Waals surface area (Å²) >= 11 is 11.8. The molecule has 3 aromatic rings. The van der Waals surface area contributed by atoms with Crippen LogP contribution in [0.15, 0.2) is 66.7 Å². The lowest BCUT2D eigenvalue weighted by atomic mass is 10.1. The summed E-state index contributed by atoms with van der Waals surface area (Å²) in [5.41, 5.74) is 2.95. The molecule has 0 saturated heterocycles. The number of hydrogen-bond acceptors (Lipinski definition) is 2. The Balaban J connectivity index is 1.78. The Morgan fingerprint density at radius 1 is 0.826 bits per heavy atom. The van der Waals surface area contributed by atoms with Crippen LogP contribution >= 0.6 is 23.2 Å². The molecule has 3 rings (SSSR count). The van der Waals surface area contributed by atoms with Crippen LogP contribution in [0.4, 0.5) is 5.69 Å². The summed E-state index contributed by atoms with van der Waals surface area (Å²) < 4.78 is 0. The van der Waals surface area contributed by atoms with Crippen molar-refractivity contribution in [2.75, 3.05) is 5.32 Å². The Hall–Kier alpha value is -2.36. The van der Waals surface area contributed by atoms with E-state index in [2.05, 4.69) is 10.3 Å². The minimum absolute atomic E-state index is 0.103. The minimum atomic E-state index is -0.398. The second kappa shape index (κ2) is 6.82. The van der Waals surface area contributed by atoms with Gasteiger partial charge < -0.3 is 5.32 Å². The van der Waals surface area contributed by atoms with Crippen LogP contribution in [-0.2, 0) is 0 Å². The Kier molecular flexibility index (Phi) is 4.60. The lowest BCUT2D eigenvalue weighted by molar-refractivity contribution is 0.102. The van der Waals surface area contributed by atoms with Gasteiger partial charge >= 0.3 is 0 Å². The Morgan fingerprint density at radius 2 is 1.48 bits per heavy atom. The molecule has 0 aliphatic carbocycles. The fraction of sp³-hybridized carbons (Fsp3) is 0. The van der Waals surface area contributed by atoms with E-state index >= 15 is 0 Å². The van der Waals surface area contributed by atoms with E-state index in [1.54, 1.807) is 6.07 Å². The zero-order chi connectivity index (χ0) is 16.2. The molecule has 114 valence electrons. The van der Waals surface area contributed by atoms with Gasteiger partial charge in [-0.3, -0.25) is 4.79 Å². The van der Waals surface area contributed by atoms with E-state index < -0.39 is 5.91 Å². The van der Waals surface area contributed by atoms with Crippen LogP contribution in [0.3, 0.4) is 0 Å². The highest BCUT2D eigenvalue weighted by Gasteiger charge is 2.13. The monoisotopic (exact) mass is 342 g/mol. The summed E-state index contributed by atoms with van der Waals surface area (Å²) in [6, 6.07) is 20.6. The van der Waals surface area contributed by atoms with Crippen molar-refractivity contribution in [2.45, 2.75) is 0 Å². The maximum absolute atomic E-state index is 12.2. The van der Waals surface area contributed by atoms with Gasteiger partial charge in [0.1, 0.15) is 10.8 Å². The molecular weight excluding hydrogens is 331 g/mol. The summed E-state index contributed by atoms with van der Waals surface area (Å²) in [6.45, 7) is 0. The number of carbonyl (C=O) groups excluding carboxylic acids is 1. The van der Waals surface area contributed by atoms with E-state index in [0.29, 0.717) is 5.69 Å². The van der Waals surface area contributed by atoms with Crippen molar-refractivity contribution in [3.63, 3.8) is 0 Å². The van der Waals surface area contributed by atoms with Crippen LogP contribution in [0, 0.1) is 0 Å². The third kappa shape index (κ3) is 3.70. The molecule has 23 heavy (non-hydrogen) atoms. The van der Waals surface area contributed by atoms with Gasteiger partial charge in [-0.2, -0.15) is 0 Å². The number of benzene rings is 2. The lowest BCUT2D eigenvalue weighted by Gasteiger charge is -2.08. The standard InChI is InChI=1S/C18H12Cl2N2O/c19-15-10-11-16(20)22-17(15)18(23)21-14-8-6-13(7-9-14)12-4-2-1-3-5-12/h1-11H,(H,21,23). The molecule has 3 nitrogen and oxygen atoms in total. The molecule has 0 atom stereocenters. The number of halogens is 2. The zero-order valence-electron chi connectivity index (χ0n) is 12.0. The van der Waals surface area contributed by atoms with Gasteiger partial charge in [-0.1, -0.05) is 65.7 Å². The Morgan fingerprint density at radius 3 is 2.17 bits per heavy atom. The number of aromatic nitrogens is 1. The Bertz CT molecular complexity index is 833. The number of rotatable bonds is 3. The van der Waals surface area contributed by atoms with Gasteiger partial charge in [0.2, 0.25) is 0 Å². The molecule has 0 radical (unpaired) electrons. The minimum Gasteiger partial charge on any atom is -0.321 e. The fourth-order valence-electron chi connectivity index (χ4n) is 2.14. The second-order valence-corrected chi connectivity index (χ2v) is 5.66. The molecule has 0 aliphatic rings. The van der Waals surface area contributed by atoms with Crippen molar-refractivity contribution < 1.29 is 4.79 Å². The molecule has 0 unspecified atom stereocenters. The number of amides is 1. The molecule has 0 fully saturated rings. The molecule has 0 aliphatic heterocycles. The quantitative estimate of drug-likeness (QED) is 0.655. The van der Waals surface area contributed by atoms with Crippen molar-refractivity contribution in [3.8, 4) is 11.1 Å². The maximum Gasteiger partial charge on any atom is 0.275 e. The molecule has 5 heteroatoms. The summed E-state index contributed by atoms with van der Waals surface area (Å²) in [5, 5.41) is 3.24. The first-order valence-corrected chi connectivity index (χ1v) is 7.68. The molecular formula is C18H12Cl2N2O. The van der Waals surface area contributed by atoms with Crippen molar-refractivity contribution in [1.82, 2.24) is 4.98 Å². The average Bonchev–Trinajstić information content (AvgIpc) is 2.58. The number of nitrogens with one attached hydrogen (secondary N) is 1. The van der Waals surface area contributed by atoms with Crippen LogP contribution in [0.25, 0.3) is 11.1 Å². The number of anilines is 1. The molecule has 1 aromatic heterocycles. The van der Waals surface area contributed by atoms with Gasteiger partial charge in [-0.05, 0) is 35.4 Å². The van der Waals surface area contributed by atoms with Crippen molar-refractivity contribution >= 4 is 34.8 Å². The van der Waals surface area contributed by atoms with Crippen molar-refractivity contribution in [3.05, 3.63) is 82.6 Å². The molecule has 2 aromatic carbocycles. The highest BCUT2D eigenvalue weighted by Crippen LogP contribution is 2.22. The third-order valence-electron chi connectivity index (χ3n) is 3.28. The Labute approximate surface area is 143 Å². The van der Waals surface area contributed by atoms with Crippen LogP contribution in [0.1, 0.15) is 10.5 Å². The number of hydrogen-bond donors (Lipinski definition) is 1. The maximum atomic E-state index is 12.2. The number of carbonyl (C=O) groups is 1. The van der Waals surface area contributed by atoms with Crippen molar-refractivity contribution in [2.24, 2.45) is 0 Å². The summed E-state index contributed by atoms with van der Waals surface area (Å²) in [5.74, 6) is -0.398. The molecule has 1 heterocycles. The van der Waals surface area contributed by atoms with Gasteiger partial charge in [0.25, 0.3) is 5.91 Å². The van der Waals surface area contributed by atoms with Gasteiger partial charge in [0.15, 0.2) is 0 Å². The van der Waals surface area contributed by atoms with E-state index in [9.17, 15) is 4.79 Å². The predicted octanol–water partition coefficient (Wildman–Crippen LogP) is 5.31. The summed E-state index contributed by atoms with van der Waals surface area (Å²) in [7, 11) is 0. The van der Waals surface area contributed by atoms with Gasteiger partial charge in [-0.25, -0.2) is 4.98 Å². The first-order valence-electron chi connectivity index (χ1n) is 6.92. The zero-order valence-corrected chi connectivity index (χ0v) is 13.5. The molecule has 0 bridgehead atoms. The topological polar surface area (TPSA) is 42.0 Å². The molecule has 1 N–H and O–H groups in total. The van der Waals surface area contributed by atoms with Crippen LogP contribution in [0.2, 0.25) is 10.2 Å². The van der Waals surface area contributed by atoms with Crippen LogP contribution < -0.4 is 5.32 Å². The van der Waals surface area contributed by atoms with E-state index in [1.807, 2.05) is 54.6 Å². The van der Waals surface area contributed by atoms with E-state index in [-0.39, 0.29) is 15.9 Å². The SMILES string of the molecule is O=C(Nc1ccc(-c2ccccc2)cc1)c1nc(Cl)ccc1Cl. The molecule has 0 spiro atoms. The summed E-state index contributed by atoms with van der Waals surface area (Å²) in [6.07, 6.45) is 0. The average molecular weight is 343 g/mol. The largest absolute Gasteiger partial charge is 0.321 e. The molecule has 1 amide bonds. The normalized spacial score (nSPS) is 10.3. The highest BCUT2D eigenvalue weighted by molar-refractivity contribution is 6.35. The van der Waals surface area contributed by atoms with E-state index in [0.717, 1.165) is 11.1 Å². The van der Waals surface area contributed by atoms with Crippen LogP contribution in [-0.4, -0.2) is 10.9 Å². The van der Waals surface area contributed by atoms with Gasteiger partial charge in [-0.15, -0.1) is 0 Å². The van der Waals surface area contributed by atoms with E-state index in [1.165, 1.54) is 6.07 Å². The second-order valence-electron chi connectivity index (χ2n) is 4.86. The first kappa shape index (κ1) is 15.5.